The SMILES string of the molecule is CC1(C)CC(NC(=O)C(=O)N/N=C\c2ccc3c(c2)OCO3)CC(C)(C)N1. The van der Waals surface area contributed by atoms with E-state index >= 15 is 0 Å². The summed E-state index contributed by atoms with van der Waals surface area (Å²) in [4.78, 5) is 24.2. The molecule has 1 aromatic rings. The molecule has 3 rings (SSSR count). The summed E-state index contributed by atoms with van der Waals surface area (Å²) in [7, 11) is 0. The lowest BCUT2D eigenvalue weighted by Crippen LogP contribution is -2.62. The van der Waals surface area contributed by atoms with Crippen LogP contribution in [-0.4, -0.2) is 41.9 Å². The van der Waals surface area contributed by atoms with E-state index in [0.717, 1.165) is 18.4 Å². The minimum absolute atomic E-state index is 0.0765. The van der Waals surface area contributed by atoms with E-state index in [1.165, 1.54) is 6.21 Å². The summed E-state index contributed by atoms with van der Waals surface area (Å²) in [6.45, 7) is 8.54. The van der Waals surface area contributed by atoms with Gasteiger partial charge >= 0.3 is 11.8 Å². The molecule has 0 unspecified atom stereocenters. The number of carbonyl (C=O) groups is 2. The first-order valence-corrected chi connectivity index (χ1v) is 8.96. The zero-order valence-corrected chi connectivity index (χ0v) is 16.1. The van der Waals surface area contributed by atoms with Gasteiger partial charge in [-0.1, -0.05) is 0 Å². The first kappa shape index (κ1) is 19.2. The molecular formula is C19H26N4O4. The van der Waals surface area contributed by atoms with Gasteiger partial charge in [-0.25, -0.2) is 5.43 Å². The van der Waals surface area contributed by atoms with Gasteiger partial charge in [0.1, 0.15) is 0 Å². The fourth-order valence-corrected chi connectivity index (χ4v) is 3.88. The van der Waals surface area contributed by atoms with Crippen LogP contribution < -0.4 is 25.5 Å². The third kappa shape index (κ3) is 4.97. The number of hydrogen-bond donors (Lipinski definition) is 3. The molecule has 1 fully saturated rings. The first-order valence-electron chi connectivity index (χ1n) is 8.96. The zero-order chi connectivity index (χ0) is 19.7. The second-order valence-corrected chi connectivity index (χ2v) is 8.28. The first-order chi connectivity index (χ1) is 12.6. The number of carbonyl (C=O) groups excluding carboxylic acids is 2. The molecular weight excluding hydrogens is 348 g/mol. The summed E-state index contributed by atoms with van der Waals surface area (Å²) in [5, 5.41) is 10.2. The number of hydrazone groups is 1. The molecule has 0 bridgehead atoms. The van der Waals surface area contributed by atoms with E-state index in [1.807, 2.05) is 0 Å². The maximum Gasteiger partial charge on any atom is 0.329 e. The Kier molecular flexibility index (Phi) is 5.10. The van der Waals surface area contributed by atoms with Gasteiger partial charge in [0.2, 0.25) is 6.79 Å². The Hall–Kier alpha value is -2.61. The number of fused-ring (bicyclic) bond motifs is 1. The fourth-order valence-electron chi connectivity index (χ4n) is 3.88. The van der Waals surface area contributed by atoms with Crippen molar-refractivity contribution in [3.63, 3.8) is 0 Å². The van der Waals surface area contributed by atoms with Crippen LogP contribution in [0.5, 0.6) is 11.5 Å². The van der Waals surface area contributed by atoms with Crippen LogP contribution in [-0.2, 0) is 9.59 Å². The monoisotopic (exact) mass is 374 g/mol. The van der Waals surface area contributed by atoms with Crippen LogP contribution in [0.3, 0.4) is 0 Å². The Morgan fingerprint density at radius 1 is 1.11 bits per heavy atom. The van der Waals surface area contributed by atoms with E-state index in [0.29, 0.717) is 11.5 Å². The summed E-state index contributed by atoms with van der Waals surface area (Å²) in [6, 6.07) is 5.21. The molecule has 1 saturated heterocycles. The predicted octanol–water partition coefficient (Wildman–Crippen LogP) is 1.29. The molecule has 2 amide bonds. The van der Waals surface area contributed by atoms with Gasteiger partial charge in [0.05, 0.1) is 6.21 Å². The molecule has 2 heterocycles. The highest BCUT2D eigenvalue weighted by molar-refractivity contribution is 6.35. The number of piperidine rings is 1. The Labute approximate surface area is 158 Å². The van der Waals surface area contributed by atoms with Crippen molar-refractivity contribution >= 4 is 18.0 Å². The molecule has 146 valence electrons. The largest absolute Gasteiger partial charge is 0.454 e. The van der Waals surface area contributed by atoms with E-state index in [4.69, 9.17) is 9.47 Å². The minimum atomic E-state index is -0.791. The van der Waals surface area contributed by atoms with Crippen molar-refractivity contribution < 1.29 is 19.1 Å². The number of hydrogen-bond acceptors (Lipinski definition) is 6. The summed E-state index contributed by atoms with van der Waals surface area (Å²) in [5.41, 5.74) is 2.75. The van der Waals surface area contributed by atoms with Gasteiger partial charge in [0.25, 0.3) is 0 Å². The molecule has 0 saturated carbocycles. The highest BCUT2D eigenvalue weighted by Gasteiger charge is 2.38. The number of nitrogens with one attached hydrogen (secondary N) is 3. The second-order valence-electron chi connectivity index (χ2n) is 8.28. The van der Waals surface area contributed by atoms with Gasteiger partial charge in [0.15, 0.2) is 11.5 Å². The van der Waals surface area contributed by atoms with Crippen molar-refractivity contribution in [2.75, 3.05) is 6.79 Å². The number of ether oxygens (including phenoxy) is 2. The van der Waals surface area contributed by atoms with Gasteiger partial charge in [0, 0.05) is 17.1 Å². The lowest BCUT2D eigenvalue weighted by Gasteiger charge is -2.46. The molecule has 0 aromatic heterocycles. The third-order valence-electron chi connectivity index (χ3n) is 4.51. The van der Waals surface area contributed by atoms with Crippen molar-refractivity contribution in [3.8, 4) is 11.5 Å². The van der Waals surface area contributed by atoms with Crippen LogP contribution in [0.4, 0.5) is 0 Å². The number of rotatable bonds is 3. The van der Waals surface area contributed by atoms with Crippen molar-refractivity contribution in [2.24, 2.45) is 5.10 Å². The molecule has 27 heavy (non-hydrogen) atoms. The molecule has 0 spiro atoms. The van der Waals surface area contributed by atoms with Crippen molar-refractivity contribution in [3.05, 3.63) is 23.8 Å². The van der Waals surface area contributed by atoms with Gasteiger partial charge in [-0.2, -0.15) is 5.10 Å². The average Bonchev–Trinajstić information content (AvgIpc) is 2.99. The fraction of sp³-hybridized carbons (Fsp3) is 0.526. The second kappa shape index (κ2) is 7.19. The molecule has 8 nitrogen and oxygen atoms in total. The van der Waals surface area contributed by atoms with Crippen molar-refractivity contribution in [1.29, 1.82) is 0 Å². The smallest absolute Gasteiger partial charge is 0.329 e. The van der Waals surface area contributed by atoms with E-state index in [2.05, 4.69) is 48.9 Å². The molecule has 2 aliphatic rings. The van der Waals surface area contributed by atoms with Crippen LogP contribution in [0.1, 0.15) is 46.1 Å². The van der Waals surface area contributed by atoms with Crippen molar-refractivity contribution in [1.82, 2.24) is 16.1 Å². The van der Waals surface area contributed by atoms with Gasteiger partial charge < -0.3 is 20.1 Å². The summed E-state index contributed by atoms with van der Waals surface area (Å²) in [5.74, 6) is -0.181. The van der Waals surface area contributed by atoms with Gasteiger partial charge in [-0.05, 0) is 64.3 Å². The third-order valence-corrected chi connectivity index (χ3v) is 4.51. The van der Waals surface area contributed by atoms with Crippen molar-refractivity contribution in [2.45, 2.75) is 57.7 Å². The molecule has 1 aromatic carbocycles. The van der Waals surface area contributed by atoms with Crippen LogP contribution >= 0.6 is 0 Å². The highest BCUT2D eigenvalue weighted by Crippen LogP contribution is 2.32. The van der Waals surface area contributed by atoms with Crippen LogP contribution in [0.15, 0.2) is 23.3 Å². The normalized spacial score (nSPS) is 20.4. The topological polar surface area (TPSA) is 101 Å². The number of nitrogens with zero attached hydrogens (tertiary/aromatic N) is 1. The molecule has 3 N–H and O–H groups in total. The van der Waals surface area contributed by atoms with Crippen LogP contribution in [0, 0.1) is 0 Å². The number of benzene rings is 1. The Balaban J connectivity index is 1.52. The quantitative estimate of drug-likeness (QED) is 0.420. The van der Waals surface area contributed by atoms with E-state index < -0.39 is 11.8 Å². The summed E-state index contributed by atoms with van der Waals surface area (Å²) < 4.78 is 10.5. The lowest BCUT2D eigenvalue weighted by atomic mass is 9.79. The van der Waals surface area contributed by atoms with E-state index in [1.54, 1.807) is 18.2 Å². The maximum absolute atomic E-state index is 12.2. The molecule has 0 aliphatic carbocycles. The minimum Gasteiger partial charge on any atom is -0.454 e. The molecule has 2 aliphatic heterocycles. The van der Waals surface area contributed by atoms with E-state index in [-0.39, 0.29) is 23.9 Å². The standard InChI is InChI=1S/C19H26N4O4/c1-18(2)8-13(9-19(3,4)23-18)21-16(24)17(25)22-20-10-12-5-6-14-15(7-12)27-11-26-14/h5-7,10,13,23H,8-9,11H2,1-4H3,(H,21,24)(H,22,25)/b20-10-. The van der Waals surface area contributed by atoms with E-state index in [9.17, 15) is 9.59 Å². The van der Waals surface area contributed by atoms with Crippen LogP contribution in [0.2, 0.25) is 0 Å². The summed E-state index contributed by atoms with van der Waals surface area (Å²) >= 11 is 0. The molecule has 8 heteroatoms. The highest BCUT2D eigenvalue weighted by atomic mass is 16.7. The lowest BCUT2D eigenvalue weighted by molar-refractivity contribution is -0.140. The Morgan fingerprint density at radius 3 is 2.48 bits per heavy atom. The summed E-state index contributed by atoms with van der Waals surface area (Å²) in [6.07, 6.45) is 2.94. The zero-order valence-electron chi connectivity index (χ0n) is 16.1. The Morgan fingerprint density at radius 2 is 1.78 bits per heavy atom. The molecule has 0 radical (unpaired) electrons. The Bertz CT molecular complexity index is 757. The van der Waals surface area contributed by atoms with Crippen LogP contribution in [0.25, 0.3) is 0 Å². The average molecular weight is 374 g/mol. The number of amides is 2. The van der Waals surface area contributed by atoms with Gasteiger partial charge in [-0.15, -0.1) is 0 Å². The maximum atomic E-state index is 12.2. The molecule has 0 atom stereocenters. The predicted molar refractivity (Wildman–Crippen MR) is 101 cm³/mol. The van der Waals surface area contributed by atoms with Gasteiger partial charge in [-0.3, -0.25) is 9.59 Å².